The van der Waals surface area contributed by atoms with Crippen LogP contribution >= 0.6 is 23.1 Å². The summed E-state index contributed by atoms with van der Waals surface area (Å²) in [4.78, 5) is 16.6. The topological polar surface area (TPSA) is 73.6 Å². The van der Waals surface area contributed by atoms with Gasteiger partial charge in [0.1, 0.15) is 12.4 Å². The van der Waals surface area contributed by atoms with Crippen molar-refractivity contribution in [1.29, 1.82) is 0 Å². The van der Waals surface area contributed by atoms with Crippen molar-refractivity contribution in [2.24, 2.45) is 0 Å². The Morgan fingerprint density at radius 3 is 2.73 bits per heavy atom. The van der Waals surface area contributed by atoms with E-state index in [9.17, 15) is 4.79 Å². The third-order valence-corrected chi connectivity index (χ3v) is 5.77. The Bertz CT molecular complexity index is 904. The molecule has 1 N–H and O–H groups in total. The largest absolute Gasteiger partial charge is 0.493 e. The summed E-state index contributed by atoms with van der Waals surface area (Å²) in [5.74, 6) is 1.67. The number of aromatic nitrogens is 1. The molecule has 0 saturated heterocycles. The Balaban J connectivity index is 1.62. The molecular formula is C18H18N2O4S2. The second-order valence-electron chi connectivity index (χ2n) is 5.26. The molecule has 0 fully saturated rings. The molecule has 0 bridgehead atoms. The zero-order chi connectivity index (χ0) is 18.5. The number of nitrogens with zero attached hydrogens (tertiary/aromatic N) is 1. The number of anilines is 1. The molecule has 3 aromatic rings. The van der Waals surface area contributed by atoms with E-state index >= 15 is 0 Å². The minimum absolute atomic E-state index is 0.195. The van der Waals surface area contributed by atoms with E-state index in [1.165, 1.54) is 11.3 Å². The number of para-hydroxylation sites is 2. The highest BCUT2D eigenvalue weighted by molar-refractivity contribution is 8.00. The molecule has 3 rings (SSSR count). The predicted molar refractivity (Wildman–Crippen MR) is 103 cm³/mol. The first-order valence-electron chi connectivity index (χ1n) is 7.78. The second-order valence-corrected chi connectivity index (χ2v) is 7.33. The van der Waals surface area contributed by atoms with Gasteiger partial charge in [-0.2, -0.15) is 0 Å². The van der Waals surface area contributed by atoms with Gasteiger partial charge in [0.25, 0.3) is 5.91 Å². The van der Waals surface area contributed by atoms with Crippen LogP contribution in [0.3, 0.4) is 0 Å². The third-order valence-electron chi connectivity index (χ3n) is 3.48. The number of benzene rings is 1. The Morgan fingerprint density at radius 2 is 2.04 bits per heavy atom. The number of ether oxygens (including phenoxy) is 2. The third kappa shape index (κ3) is 4.20. The van der Waals surface area contributed by atoms with Crippen molar-refractivity contribution in [3.05, 3.63) is 53.6 Å². The summed E-state index contributed by atoms with van der Waals surface area (Å²) in [7, 11) is 1.58. The number of nitrogens with one attached hydrogen (secondary N) is 1. The summed E-state index contributed by atoms with van der Waals surface area (Å²) >= 11 is 3.05. The maximum absolute atomic E-state index is 12.3. The molecule has 6 nitrogen and oxygen atoms in total. The highest BCUT2D eigenvalue weighted by Gasteiger charge is 2.15. The standard InChI is InChI=1S/C18H18N2O4S2/c1-11-17(25-3)26-18(19-11)20-16(21)15-9-8-12(24-15)10-23-14-7-5-4-6-13(14)22-2/h4-9H,10H2,1-3H3,(H,19,20,21). The minimum Gasteiger partial charge on any atom is -0.493 e. The average molecular weight is 390 g/mol. The first-order valence-corrected chi connectivity index (χ1v) is 9.82. The van der Waals surface area contributed by atoms with Gasteiger partial charge in [0, 0.05) is 0 Å². The lowest BCUT2D eigenvalue weighted by Crippen LogP contribution is -2.10. The lowest BCUT2D eigenvalue weighted by atomic mass is 10.3. The number of thiazole rings is 1. The zero-order valence-electron chi connectivity index (χ0n) is 14.6. The van der Waals surface area contributed by atoms with Crippen molar-refractivity contribution in [1.82, 2.24) is 4.98 Å². The molecule has 136 valence electrons. The SMILES string of the molecule is COc1ccccc1OCc1ccc(C(=O)Nc2nc(C)c(SC)s2)o1. The number of hydrogen-bond acceptors (Lipinski definition) is 7. The van der Waals surface area contributed by atoms with Gasteiger partial charge >= 0.3 is 0 Å². The summed E-state index contributed by atoms with van der Waals surface area (Å²) in [6.07, 6.45) is 1.98. The smallest absolute Gasteiger partial charge is 0.293 e. The Labute approximate surface area is 159 Å². The van der Waals surface area contributed by atoms with Gasteiger partial charge in [0.15, 0.2) is 22.4 Å². The number of methoxy groups -OCH3 is 1. The molecule has 0 radical (unpaired) electrons. The first-order chi connectivity index (χ1) is 12.6. The van der Waals surface area contributed by atoms with Gasteiger partial charge in [0.2, 0.25) is 0 Å². The minimum atomic E-state index is -0.338. The van der Waals surface area contributed by atoms with Crippen molar-refractivity contribution >= 4 is 34.1 Å². The van der Waals surface area contributed by atoms with E-state index in [1.54, 1.807) is 31.0 Å². The van der Waals surface area contributed by atoms with Gasteiger partial charge in [-0.25, -0.2) is 4.98 Å². The van der Waals surface area contributed by atoms with Crippen LogP contribution in [0.1, 0.15) is 22.0 Å². The molecule has 2 heterocycles. The van der Waals surface area contributed by atoms with E-state index in [0.717, 1.165) is 9.90 Å². The molecule has 0 aliphatic carbocycles. The molecule has 8 heteroatoms. The van der Waals surface area contributed by atoms with Crippen molar-refractivity contribution in [2.45, 2.75) is 17.7 Å². The van der Waals surface area contributed by atoms with E-state index in [-0.39, 0.29) is 18.3 Å². The van der Waals surface area contributed by atoms with Crippen molar-refractivity contribution in [3.63, 3.8) is 0 Å². The number of carbonyl (C=O) groups is 1. The van der Waals surface area contributed by atoms with Crippen LogP contribution in [-0.2, 0) is 6.61 Å². The number of hydrogen-bond donors (Lipinski definition) is 1. The number of thioether (sulfide) groups is 1. The highest BCUT2D eigenvalue weighted by atomic mass is 32.2. The van der Waals surface area contributed by atoms with Crippen molar-refractivity contribution in [3.8, 4) is 11.5 Å². The predicted octanol–water partition coefficient (Wildman–Crippen LogP) is 4.61. The Kier molecular flexibility index (Phi) is 5.85. The second kappa shape index (κ2) is 8.29. The number of aryl methyl sites for hydroxylation is 1. The molecule has 0 atom stereocenters. The van der Waals surface area contributed by atoms with Gasteiger partial charge in [-0.15, -0.1) is 11.8 Å². The van der Waals surface area contributed by atoms with Gasteiger partial charge in [-0.1, -0.05) is 23.5 Å². The van der Waals surface area contributed by atoms with Gasteiger partial charge in [0.05, 0.1) is 17.0 Å². The molecule has 1 amide bonds. The maximum Gasteiger partial charge on any atom is 0.293 e. The normalized spacial score (nSPS) is 10.6. The fraction of sp³-hybridized carbons (Fsp3) is 0.222. The monoisotopic (exact) mass is 390 g/mol. The van der Waals surface area contributed by atoms with E-state index in [0.29, 0.717) is 22.4 Å². The lowest BCUT2D eigenvalue weighted by Gasteiger charge is -2.08. The number of rotatable bonds is 7. The van der Waals surface area contributed by atoms with Crippen LogP contribution in [0.5, 0.6) is 11.5 Å². The number of carbonyl (C=O) groups excluding carboxylic acids is 1. The fourth-order valence-electron chi connectivity index (χ4n) is 2.25. The first kappa shape index (κ1) is 18.3. The van der Waals surface area contributed by atoms with E-state index in [2.05, 4.69) is 10.3 Å². The maximum atomic E-state index is 12.3. The Morgan fingerprint density at radius 1 is 1.27 bits per heavy atom. The Hall–Kier alpha value is -2.45. The van der Waals surface area contributed by atoms with Crippen molar-refractivity contribution < 1.29 is 18.7 Å². The average Bonchev–Trinajstić information content (AvgIpc) is 3.26. The summed E-state index contributed by atoms with van der Waals surface area (Å²) < 4.78 is 17.6. The van der Waals surface area contributed by atoms with Gasteiger partial charge in [-0.05, 0) is 37.4 Å². The van der Waals surface area contributed by atoms with Gasteiger partial charge in [-0.3, -0.25) is 10.1 Å². The molecular weight excluding hydrogens is 372 g/mol. The summed E-state index contributed by atoms with van der Waals surface area (Å²) in [5, 5.41) is 3.32. The number of furan rings is 1. The quantitative estimate of drug-likeness (QED) is 0.594. The lowest BCUT2D eigenvalue weighted by molar-refractivity contribution is 0.0992. The highest BCUT2D eigenvalue weighted by Crippen LogP contribution is 2.30. The summed E-state index contributed by atoms with van der Waals surface area (Å²) in [6.45, 7) is 2.11. The molecule has 0 aliphatic heterocycles. The van der Waals surface area contributed by atoms with Crippen LogP contribution in [0.15, 0.2) is 45.0 Å². The molecule has 0 saturated carbocycles. The molecule has 26 heavy (non-hydrogen) atoms. The van der Waals surface area contributed by atoms with Crippen LogP contribution in [0.25, 0.3) is 0 Å². The van der Waals surface area contributed by atoms with Crippen molar-refractivity contribution in [2.75, 3.05) is 18.7 Å². The van der Waals surface area contributed by atoms with E-state index in [4.69, 9.17) is 13.9 Å². The zero-order valence-corrected chi connectivity index (χ0v) is 16.2. The molecule has 0 unspecified atom stereocenters. The molecule has 0 spiro atoms. The van der Waals surface area contributed by atoms with Crippen LogP contribution in [-0.4, -0.2) is 24.3 Å². The van der Waals surface area contributed by atoms with Crippen LogP contribution < -0.4 is 14.8 Å². The van der Waals surface area contributed by atoms with Gasteiger partial charge < -0.3 is 13.9 Å². The summed E-state index contributed by atoms with van der Waals surface area (Å²) in [6, 6.07) is 10.7. The van der Waals surface area contributed by atoms with E-state index in [1.807, 2.05) is 37.4 Å². The molecule has 2 aromatic heterocycles. The van der Waals surface area contributed by atoms with Crippen LogP contribution in [0.4, 0.5) is 5.13 Å². The van der Waals surface area contributed by atoms with Crippen LogP contribution in [0, 0.1) is 6.92 Å². The van der Waals surface area contributed by atoms with E-state index < -0.39 is 0 Å². The summed E-state index contributed by atoms with van der Waals surface area (Å²) in [5.41, 5.74) is 0.906. The van der Waals surface area contributed by atoms with Crippen LogP contribution in [0.2, 0.25) is 0 Å². The fourth-order valence-corrected chi connectivity index (χ4v) is 3.85. The molecule has 0 aliphatic rings. The number of amides is 1. The molecule has 1 aromatic carbocycles.